The van der Waals surface area contributed by atoms with Gasteiger partial charge in [0.2, 0.25) is 0 Å². The SMILES string of the molecule is O=C[C@H](O)[C@@H](O)[C@H](OC1O[C@H](CO)[C@H](O)[C@H](O)[C@H]1O[C@@H]1OC[C@@H](O)[C@@H](O)[C@@H]1O)[C@H](O)CO. The molecule has 0 aromatic carbocycles. The van der Waals surface area contributed by atoms with Crippen LogP contribution >= 0.6 is 0 Å². The van der Waals surface area contributed by atoms with Gasteiger partial charge in [0.25, 0.3) is 0 Å². The van der Waals surface area contributed by atoms with Crippen LogP contribution < -0.4 is 0 Å². The molecule has 0 bridgehead atoms. The van der Waals surface area contributed by atoms with Crippen molar-refractivity contribution in [3.63, 3.8) is 0 Å². The van der Waals surface area contributed by atoms with Crippen molar-refractivity contribution in [2.24, 2.45) is 0 Å². The van der Waals surface area contributed by atoms with Gasteiger partial charge in [-0.25, -0.2) is 0 Å². The number of hydrogen-bond donors (Lipinski definition) is 10. The van der Waals surface area contributed by atoms with E-state index in [1.165, 1.54) is 0 Å². The second-order valence-electron chi connectivity index (χ2n) is 7.53. The monoisotopic (exact) mass is 474 g/mol. The lowest BCUT2D eigenvalue weighted by Gasteiger charge is -2.46. The topological polar surface area (TPSA) is 256 Å². The molecule has 32 heavy (non-hydrogen) atoms. The molecule has 15 nitrogen and oxygen atoms in total. The molecular formula is C17H30O15. The first-order valence-corrected chi connectivity index (χ1v) is 9.76. The summed E-state index contributed by atoms with van der Waals surface area (Å²) >= 11 is 0. The Kier molecular flexibility index (Phi) is 10.3. The van der Waals surface area contributed by atoms with Crippen molar-refractivity contribution in [2.45, 2.75) is 79.7 Å². The van der Waals surface area contributed by atoms with E-state index in [2.05, 4.69) is 0 Å². The van der Waals surface area contributed by atoms with Gasteiger partial charge >= 0.3 is 0 Å². The molecule has 13 atom stereocenters. The summed E-state index contributed by atoms with van der Waals surface area (Å²) in [7, 11) is 0. The molecule has 0 aromatic rings. The normalized spacial score (nSPS) is 42.1. The Balaban J connectivity index is 2.28. The first-order valence-electron chi connectivity index (χ1n) is 9.76. The number of carbonyl (C=O) groups excluding carboxylic acids is 1. The Hall–Kier alpha value is -0.890. The molecule has 2 rings (SSSR count). The number of hydrogen-bond acceptors (Lipinski definition) is 15. The summed E-state index contributed by atoms with van der Waals surface area (Å²) in [6.07, 6.45) is -23.2. The Bertz CT molecular complexity index is 580. The predicted octanol–water partition coefficient (Wildman–Crippen LogP) is -7.09. The standard InChI is InChI=1S/C17H30O15/c18-1-5(21)10(25)14(6(22)2-19)31-17-15(12(27)11(26)8(3-20)30-17)32-16-13(28)9(24)7(23)4-29-16/h1,5-17,19-28H,2-4H2/t5-,6+,7+,8+,9+,10+,11-,12-,13-,14+,15+,16-,17?/m0/s1. The van der Waals surface area contributed by atoms with Crippen LogP contribution in [0.3, 0.4) is 0 Å². The van der Waals surface area contributed by atoms with Crippen LogP contribution in [0.25, 0.3) is 0 Å². The van der Waals surface area contributed by atoms with E-state index in [0.29, 0.717) is 0 Å². The molecule has 2 aliphatic rings. The lowest BCUT2D eigenvalue weighted by atomic mass is 9.97. The predicted molar refractivity (Wildman–Crippen MR) is 96.4 cm³/mol. The molecule has 0 spiro atoms. The fraction of sp³-hybridized carbons (Fsp3) is 0.941. The zero-order valence-electron chi connectivity index (χ0n) is 16.7. The molecule has 15 heteroatoms. The second kappa shape index (κ2) is 12.0. The molecule has 2 heterocycles. The first-order chi connectivity index (χ1) is 15.1. The van der Waals surface area contributed by atoms with Gasteiger partial charge in [-0.1, -0.05) is 0 Å². The molecule has 2 aliphatic heterocycles. The van der Waals surface area contributed by atoms with E-state index in [-0.39, 0.29) is 6.29 Å². The molecule has 0 radical (unpaired) electrons. The summed E-state index contributed by atoms with van der Waals surface area (Å²) < 4.78 is 21.1. The lowest BCUT2D eigenvalue weighted by molar-refractivity contribution is -0.369. The molecule has 0 aromatic heterocycles. The van der Waals surface area contributed by atoms with Crippen LogP contribution in [0.4, 0.5) is 0 Å². The Morgan fingerprint density at radius 3 is 2.16 bits per heavy atom. The number of aliphatic hydroxyl groups excluding tert-OH is 10. The lowest BCUT2D eigenvalue weighted by Crippen LogP contribution is -2.64. The van der Waals surface area contributed by atoms with Crippen molar-refractivity contribution in [3.05, 3.63) is 0 Å². The third-order valence-corrected chi connectivity index (χ3v) is 5.25. The molecular weight excluding hydrogens is 444 g/mol. The van der Waals surface area contributed by atoms with Crippen LogP contribution in [0.5, 0.6) is 0 Å². The van der Waals surface area contributed by atoms with Gasteiger partial charge in [-0.3, -0.25) is 0 Å². The maximum absolute atomic E-state index is 10.8. The van der Waals surface area contributed by atoms with Gasteiger partial charge in [0.15, 0.2) is 18.9 Å². The largest absolute Gasteiger partial charge is 0.394 e. The maximum Gasteiger partial charge on any atom is 0.187 e. The van der Waals surface area contributed by atoms with Gasteiger partial charge in [0.1, 0.15) is 67.1 Å². The van der Waals surface area contributed by atoms with Crippen molar-refractivity contribution in [2.75, 3.05) is 19.8 Å². The zero-order valence-corrected chi connectivity index (χ0v) is 16.7. The molecule has 0 amide bonds. The molecule has 0 aliphatic carbocycles. The maximum atomic E-state index is 10.8. The van der Waals surface area contributed by atoms with E-state index < -0.39 is 99.5 Å². The van der Waals surface area contributed by atoms with E-state index in [9.17, 15) is 55.9 Å². The van der Waals surface area contributed by atoms with Crippen molar-refractivity contribution in [1.82, 2.24) is 0 Å². The second-order valence-corrected chi connectivity index (χ2v) is 7.53. The Labute approximate surface area is 181 Å². The van der Waals surface area contributed by atoms with E-state index in [1.54, 1.807) is 0 Å². The minimum Gasteiger partial charge on any atom is -0.394 e. The van der Waals surface area contributed by atoms with Gasteiger partial charge in [-0.2, -0.15) is 0 Å². The average molecular weight is 474 g/mol. The third-order valence-electron chi connectivity index (χ3n) is 5.25. The van der Waals surface area contributed by atoms with Gasteiger partial charge in [-0.05, 0) is 0 Å². The van der Waals surface area contributed by atoms with Gasteiger partial charge in [-0.15, -0.1) is 0 Å². The van der Waals surface area contributed by atoms with E-state index in [4.69, 9.17) is 18.9 Å². The number of ether oxygens (including phenoxy) is 4. The molecule has 10 N–H and O–H groups in total. The number of aliphatic hydroxyl groups is 10. The molecule has 2 fully saturated rings. The Morgan fingerprint density at radius 1 is 0.938 bits per heavy atom. The fourth-order valence-corrected chi connectivity index (χ4v) is 3.30. The zero-order chi connectivity index (χ0) is 24.2. The van der Waals surface area contributed by atoms with Crippen molar-refractivity contribution < 1.29 is 74.8 Å². The summed E-state index contributed by atoms with van der Waals surface area (Å²) in [5.41, 5.74) is 0. The minimum atomic E-state index is -2.08. The van der Waals surface area contributed by atoms with Crippen LogP contribution in [-0.4, -0.2) is 157 Å². The van der Waals surface area contributed by atoms with E-state index in [1.807, 2.05) is 0 Å². The summed E-state index contributed by atoms with van der Waals surface area (Å²) in [4.78, 5) is 10.8. The Morgan fingerprint density at radius 2 is 1.59 bits per heavy atom. The van der Waals surface area contributed by atoms with Crippen LogP contribution in [0.2, 0.25) is 0 Å². The highest BCUT2D eigenvalue weighted by Crippen LogP contribution is 2.29. The van der Waals surface area contributed by atoms with Crippen molar-refractivity contribution in [3.8, 4) is 0 Å². The number of aldehydes is 1. The quantitative estimate of drug-likeness (QED) is 0.132. The van der Waals surface area contributed by atoms with Gasteiger partial charge < -0.3 is 74.8 Å². The molecule has 2 saturated heterocycles. The highest BCUT2D eigenvalue weighted by atomic mass is 16.8. The van der Waals surface area contributed by atoms with Gasteiger partial charge in [0, 0.05) is 0 Å². The summed E-state index contributed by atoms with van der Waals surface area (Å²) in [6.45, 7) is -2.27. The smallest absolute Gasteiger partial charge is 0.187 e. The minimum absolute atomic E-state index is 0.0606. The van der Waals surface area contributed by atoms with E-state index >= 15 is 0 Å². The van der Waals surface area contributed by atoms with Crippen molar-refractivity contribution >= 4 is 6.29 Å². The average Bonchev–Trinajstić information content (AvgIpc) is 2.79. The number of carbonyl (C=O) groups is 1. The summed E-state index contributed by atoms with van der Waals surface area (Å²) in [5.74, 6) is 0. The van der Waals surface area contributed by atoms with Crippen LogP contribution in [0.15, 0.2) is 0 Å². The van der Waals surface area contributed by atoms with E-state index in [0.717, 1.165) is 0 Å². The summed E-state index contributed by atoms with van der Waals surface area (Å²) in [6, 6.07) is 0. The molecule has 1 unspecified atom stereocenters. The summed E-state index contributed by atoms with van der Waals surface area (Å²) in [5, 5.41) is 98.3. The highest BCUT2D eigenvalue weighted by Gasteiger charge is 2.51. The molecule has 188 valence electrons. The van der Waals surface area contributed by atoms with Crippen LogP contribution in [0.1, 0.15) is 0 Å². The van der Waals surface area contributed by atoms with Crippen LogP contribution in [-0.2, 0) is 23.7 Å². The van der Waals surface area contributed by atoms with Crippen molar-refractivity contribution in [1.29, 1.82) is 0 Å². The van der Waals surface area contributed by atoms with Crippen LogP contribution in [0, 0.1) is 0 Å². The van der Waals surface area contributed by atoms with Gasteiger partial charge in [0.05, 0.1) is 19.8 Å². The third kappa shape index (κ3) is 5.96. The fourth-order valence-electron chi connectivity index (χ4n) is 3.30. The molecule has 0 saturated carbocycles. The highest BCUT2D eigenvalue weighted by molar-refractivity contribution is 5.56. The first kappa shape index (κ1) is 27.4. The number of rotatable bonds is 10.